The Balaban J connectivity index is 2.01. The lowest BCUT2D eigenvalue weighted by Gasteiger charge is -2.04. The number of nitrogens with zero attached hydrogens (tertiary/aromatic N) is 2. The summed E-state index contributed by atoms with van der Waals surface area (Å²) in [6, 6.07) is 7.94. The van der Waals surface area contributed by atoms with Crippen molar-refractivity contribution < 1.29 is 9.18 Å². The summed E-state index contributed by atoms with van der Waals surface area (Å²) in [5, 5.41) is 4.24. The third kappa shape index (κ3) is 3.03. The monoisotopic (exact) mass is 246 g/mol. The van der Waals surface area contributed by atoms with Gasteiger partial charge in [0.15, 0.2) is 5.78 Å². The zero-order chi connectivity index (χ0) is 13.1. The molecular formula is C14H15FN2O. The van der Waals surface area contributed by atoms with Crippen LogP contribution in [-0.4, -0.2) is 15.6 Å². The van der Waals surface area contributed by atoms with Crippen LogP contribution in [0.5, 0.6) is 0 Å². The molecule has 2 aromatic rings. The maximum atomic E-state index is 12.7. The van der Waals surface area contributed by atoms with Crippen molar-refractivity contribution in [3.63, 3.8) is 0 Å². The Morgan fingerprint density at radius 2 is 1.94 bits per heavy atom. The van der Waals surface area contributed by atoms with Gasteiger partial charge in [-0.1, -0.05) is 12.1 Å². The van der Waals surface area contributed by atoms with Gasteiger partial charge in [0.2, 0.25) is 0 Å². The highest BCUT2D eigenvalue weighted by atomic mass is 19.1. The fraction of sp³-hybridized carbons (Fsp3) is 0.286. The number of Topliss-reactive ketones (excluding diaryl/α,β-unsaturated/α-hetero) is 1. The number of aryl methyl sites for hydroxylation is 2. The Kier molecular flexibility index (Phi) is 3.55. The lowest BCUT2D eigenvalue weighted by atomic mass is 10.1. The van der Waals surface area contributed by atoms with Gasteiger partial charge in [0.1, 0.15) is 12.4 Å². The van der Waals surface area contributed by atoms with E-state index in [4.69, 9.17) is 0 Å². The molecule has 1 aromatic heterocycles. The molecular weight excluding hydrogens is 231 g/mol. The van der Waals surface area contributed by atoms with E-state index in [1.54, 1.807) is 16.8 Å². The van der Waals surface area contributed by atoms with Crippen LogP contribution in [0.4, 0.5) is 4.39 Å². The highest BCUT2D eigenvalue weighted by Crippen LogP contribution is 2.06. The number of hydrogen-bond acceptors (Lipinski definition) is 2. The molecule has 4 heteroatoms. The van der Waals surface area contributed by atoms with Gasteiger partial charge in [0.25, 0.3) is 0 Å². The zero-order valence-electron chi connectivity index (χ0n) is 10.5. The Hall–Kier alpha value is -1.97. The largest absolute Gasteiger partial charge is 0.297 e. The Bertz CT molecular complexity index is 558. The highest BCUT2D eigenvalue weighted by Gasteiger charge is 2.08. The van der Waals surface area contributed by atoms with E-state index in [1.165, 1.54) is 12.1 Å². The van der Waals surface area contributed by atoms with E-state index in [0.29, 0.717) is 6.42 Å². The average Bonchev–Trinajstić information content (AvgIpc) is 2.61. The fourth-order valence-electron chi connectivity index (χ4n) is 1.89. The van der Waals surface area contributed by atoms with Gasteiger partial charge in [-0.25, -0.2) is 4.39 Å². The number of aromatic nitrogens is 2. The van der Waals surface area contributed by atoms with E-state index >= 15 is 0 Å². The molecule has 0 aliphatic heterocycles. The standard InChI is InChI=1S/C14H15FN2O/c1-10-7-11(2)17(16-10)9-14(18)8-12-3-5-13(15)6-4-12/h3-7H,8-9H2,1-2H3. The van der Waals surface area contributed by atoms with Gasteiger partial charge in [-0.3, -0.25) is 9.48 Å². The van der Waals surface area contributed by atoms with Crippen molar-refractivity contribution in [2.75, 3.05) is 0 Å². The molecule has 18 heavy (non-hydrogen) atoms. The summed E-state index contributed by atoms with van der Waals surface area (Å²) in [7, 11) is 0. The topological polar surface area (TPSA) is 34.9 Å². The van der Waals surface area contributed by atoms with E-state index in [1.807, 2.05) is 19.9 Å². The summed E-state index contributed by atoms with van der Waals surface area (Å²) in [6.45, 7) is 4.08. The molecule has 3 nitrogen and oxygen atoms in total. The second kappa shape index (κ2) is 5.12. The number of rotatable bonds is 4. The highest BCUT2D eigenvalue weighted by molar-refractivity contribution is 5.80. The van der Waals surface area contributed by atoms with Gasteiger partial charge in [-0.15, -0.1) is 0 Å². The van der Waals surface area contributed by atoms with Gasteiger partial charge in [-0.2, -0.15) is 5.10 Å². The second-order valence-corrected chi connectivity index (χ2v) is 4.43. The van der Waals surface area contributed by atoms with Crippen LogP contribution in [0.1, 0.15) is 17.0 Å². The van der Waals surface area contributed by atoms with Crippen LogP contribution in [-0.2, 0) is 17.8 Å². The molecule has 0 radical (unpaired) electrons. The van der Waals surface area contributed by atoms with Crippen LogP contribution in [0.2, 0.25) is 0 Å². The van der Waals surface area contributed by atoms with Crippen molar-refractivity contribution in [1.82, 2.24) is 9.78 Å². The van der Waals surface area contributed by atoms with Gasteiger partial charge in [0.05, 0.1) is 5.69 Å². The quantitative estimate of drug-likeness (QED) is 0.830. The van der Waals surface area contributed by atoms with Crippen LogP contribution >= 0.6 is 0 Å². The first kappa shape index (κ1) is 12.5. The minimum absolute atomic E-state index is 0.0628. The van der Waals surface area contributed by atoms with E-state index < -0.39 is 0 Å². The number of halogens is 1. The second-order valence-electron chi connectivity index (χ2n) is 4.43. The van der Waals surface area contributed by atoms with Crippen molar-refractivity contribution in [1.29, 1.82) is 0 Å². The summed E-state index contributed by atoms with van der Waals surface area (Å²) in [4.78, 5) is 11.9. The van der Waals surface area contributed by atoms with Crippen LogP contribution < -0.4 is 0 Å². The predicted molar refractivity (Wildman–Crippen MR) is 66.8 cm³/mol. The minimum Gasteiger partial charge on any atom is -0.297 e. The number of carbonyl (C=O) groups excluding carboxylic acids is 1. The molecule has 0 N–H and O–H groups in total. The Morgan fingerprint density at radius 1 is 1.28 bits per heavy atom. The fourth-order valence-corrected chi connectivity index (χ4v) is 1.89. The molecule has 0 aliphatic carbocycles. The third-order valence-electron chi connectivity index (χ3n) is 2.74. The lowest BCUT2D eigenvalue weighted by molar-refractivity contribution is -0.119. The van der Waals surface area contributed by atoms with Gasteiger partial charge in [-0.05, 0) is 37.6 Å². The van der Waals surface area contributed by atoms with E-state index in [9.17, 15) is 9.18 Å². The predicted octanol–water partition coefficient (Wildman–Crippen LogP) is 2.45. The summed E-state index contributed by atoms with van der Waals surface area (Å²) in [5.41, 5.74) is 2.70. The summed E-state index contributed by atoms with van der Waals surface area (Å²) < 4.78 is 14.4. The molecule has 0 unspecified atom stereocenters. The van der Waals surface area contributed by atoms with E-state index in [-0.39, 0.29) is 18.1 Å². The molecule has 0 saturated heterocycles. The SMILES string of the molecule is Cc1cc(C)n(CC(=O)Cc2ccc(F)cc2)n1. The van der Waals surface area contributed by atoms with Crippen LogP contribution in [0.15, 0.2) is 30.3 Å². The van der Waals surface area contributed by atoms with Crippen molar-refractivity contribution in [3.8, 4) is 0 Å². The van der Waals surface area contributed by atoms with Gasteiger partial charge >= 0.3 is 0 Å². The van der Waals surface area contributed by atoms with Gasteiger partial charge < -0.3 is 0 Å². The smallest absolute Gasteiger partial charge is 0.158 e. The van der Waals surface area contributed by atoms with E-state index in [2.05, 4.69) is 5.10 Å². The van der Waals surface area contributed by atoms with Gasteiger partial charge in [0, 0.05) is 12.1 Å². The number of benzene rings is 1. The Morgan fingerprint density at radius 3 is 2.50 bits per heavy atom. The number of carbonyl (C=O) groups is 1. The van der Waals surface area contributed by atoms with Crippen molar-refractivity contribution >= 4 is 5.78 Å². The average molecular weight is 246 g/mol. The molecule has 0 fully saturated rings. The third-order valence-corrected chi connectivity index (χ3v) is 2.74. The van der Waals surface area contributed by atoms with E-state index in [0.717, 1.165) is 17.0 Å². The molecule has 0 bridgehead atoms. The zero-order valence-corrected chi connectivity index (χ0v) is 10.5. The molecule has 0 aliphatic rings. The number of hydrogen-bond donors (Lipinski definition) is 0. The molecule has 0 saturated carbocycles. The molecule has 1 aromatic carbocycles. The number of ketones is 1. The molecule has 0 atom stereocenters. The maximum absolute atomic E-state index is 12.7. The van der Waals surface area contributed by atoms with Crippen LogP contribution in [0.3, 0.4) is 0 Å². The van der Waals surface area contributed by atoms with Crippen molar-refractivity contribution in [3.05, 3.63) is 53.1 Å². The lowest BCUT2D eigenvalue weighted by Crippen LogP contribution is -2.14. The first-order valence-electron chi connectivity index (χ1n) is 5.82. The molecule has 94 valence electrons. The molecule has 0 spiro atoms. The first-order chi connectivity index (χ1) is 8.54. The maximum Gasteiger partial charge on any atom is 0.158 e. The molecule has 1 heterocycles. The van der Waals surface area contributed by atoms with Crippen molar-refractivity contribution in [2.45, 2.75) is 26.8 Å². The minimum atomic E-state index is -0.287. The molecule has 2 rings (SSSR count). The summed E-state index contributed by atoms with van der Waals surface area (Å²) in [5.74, 6) is -0.224. The van der Waals surface area contributed by atoms with Crippen molar-refractivity contribution in [2.24, 2.45) is 0 Å². The summed E-state index contributed by atoms with van der Waals surface area (Å²) >= 11 is 0. The summed E-state index contributed by atoms with van der Waals surface area (Å²) in [6.07, 6.45) is 0.304. The van der Waals surface area contributed by atoms with Crippen LogP contribution in [0, 0.1) is 19.7 Å². The molecule has 0 amide bonds. The Labute approximate surface area is 105 Å². The normalized spacial score (nSPS) is 10.6. The first-order valence-corrected chi connectivity index (χ1v) is 5.82. The van der Waals surface area contributed by atoms with Crippen LogP contribution in [0.25, 0.3) is 0 Å².